The normalized spacial score (nSPS) is 18.2. The van der Waals surface area contributed by atoms with Gasteiger partial charge in [-0.2, -0.15) is 14.5 Å². The van der Waals surface area contributed by atoms with E-state index in [1.165, 1.54) is 15.7 Å². The van der Waals surface area contributed by atoms with Crippen molar-refractivity contribution in [3.05, 3.63) is 34.1 Å². The smallest absolute Gasteiger partial charge is 0.367 e. The van der Waals surface area contributed by atoms with Crippen LogP contribution in [-0.2, 0) is 7.05 Å². The Hall–Kier alpha value is -2.62. The minimum atomic E-state index is -0.378. The number of piperidine rings is 1. The second-order valence-electron chi connectivity index (χ2n) is 5.90. The second kappa shape index (κ2) is 5.78. The molecule has 3 aromatic heterocycles. The fourth-order valence-electron chi connectivity index (χ4n) is 3.14. The number of hydrogen-bond donors (Lipinski definition) is 1. The largest absolute Gasteiger partial charge is 0.372 e. The molecule has 1 aliphatic heterocycles. The van der Waals surface area contributed by atoms with E-state index in [1.807, 2.05) is 19.4 Å². The Morgan fingerprint density at radius 1 is 1.50 bits per heavy atom. The maximum absolute atomic E-state index is 11.4. The third-order valence-electron chi connectivity index (χ3n) is 4.23. The van der Waals surface area contributed by atoms with Crippen molar-refractivity contribution < 1.29 is 4.92 Å². The third kappa shape index (κ3) is 2.58. The first kappa shape index (κ1) is 14.9. The van der Waals surface area contributed by atoms with Gasteiger partial charge < -0.3 is 20.3 Å². The molecule has 126 valence electrons. The molecule has 1 saturated heterocycles. The summed E-state index contributed by atoms with van der Waals surface area (Å²) < 4.78 is 3.30. The van der Waals surface area contributed by atoms with Gasteiger partial charge in [0.25, 0.3) is 4.96 Å². The van der Waals surface area contributed by atoms with Gasteiger partial charge in [-0.15, -0.1) is 0 Å². The molecule has 0 spiro atoms. The number of nitro groups is 1. The number of thiazole rings is 1. The average Bonchev–Trinajstić information content (AvgIpc) is 3.22. The minimum Gasteiger partial charge on any atom is -0.367 e. The molecular weight excluding hydrogens is 330 g/mol. The lowest BCUT2D eigenvalue weighted by molar-refractivity contribution is -0.389. The maximum Gasteiger partial charge on any atom is 0.372 e. The van der Waals surface area contributed by atoms with Crippen LogP contribution in [0.3, 0.4) is 0 Å². The Bertz CT molecular complexity index is 883. The van der Waals surface area contributed by atoms with Crippen molar-refractivity contribution in [2.24, 2.45) is 7.05 Å². The number of aryl methyl sites for hydroxylation is 1. The Labute approximate surface area is 141 Å². The summed E-state index contributed by atoms with van der Waals surface area (Å²) in [5.74, 6) is 0.356. The van der Waals surface area contributed by atoms with Crippen LogP contribution in [0.1, 0.15) is 12.8 Å². The van der Waals surface area contributed by atoms with Gasteiger partial charge in [-0.3, -0.25) is 4.68 Å². The first-order chi connectivity index (χ1) is 11.6. The summed E-state index contributed by atoms with van der Waals surface area (Å²) in [5.41, 5.74) is 1.07. The molecular formula is C14H17N7O2S. The monoisotopic (exact) mass is 347 g/mol. The molecule has 0 aliphatic carbocycles. The molecule has 0 aromatic carbocycles. The van der Waals surface area contributed by atoms with E-state index in [-0.39, 0.29) is 16.8 Å². The molecule has 1 aliphatic rings. The lowest BCUT2D eigenvalue weighted by atomic mass is 10.1. The lowest BCUT2D eigenvalue weighted by Gasteiger charge is -2.33. The molecule has 3 aromatic rings. The van der Waals surface area contributed by atoms with E-state index in [2.05, 4.69) is 20.3 Å². The maximum atomic E-state index is 11.4. The van der Waals surface area contributed by atoms with E-state index in [9.17, 15) is 10.1 Å². The predicted octanol–water partition coefficient (Wildman–Crippen LogP) is 2.12. The number of anilines is 2. The highest BCUT2D eigenvalue weighted by Gasteiger charge is 2.28. The number of nitrogens with one attached hydrogen (secondary N) is 1. The fourth-order valence-corrected chi connectivity index (χ4v) is 3.85. The van der Waals surface area contributed by atoms with Crippen LogP contribution >= 0.6 is 11.3 Å². The van der Waals surface area contributed by atoms with Gasteiger partial charge in [0.15, 0.2) is 0 Å². The summed E-state index contributed by atoms with van der Waals surface area (Å²) >= 11 is 1.39. The predicted molar refractivity (Wildman–Crippen MR) is 91.8 cm³/mol. The van der Waals surface area contributed by atoms with Crippen molar-refractivity contribution in [3.8, 4) is 0 Å². The van der Waals surface area contributed by atoms with Crippen molar-refractivity contribution in [2.75, 3.05) is 23.3 Å². The van der Waals surface area contributed by atoms with Crippen LogP contribution in [0.25, 0.3) is 4.96 Å². The molecule has 0 amide bonds. The molecule has 0 saturated carbocycles. The molecule has 4 heterocycles. The topological polar surface area (TPSA) is 93.5 Å². The number of imidazole rings is 1. The van der Waals surface area contributed by atoms with Crippen LogP contribution in [0.5, 0.6) is 0 Å². The molecule has 9 nitrogen and oxygen atoms in total. The highest BCUT2D eigenvalue weighted by Crippen LogP contribution is 2.30. The summed E-state index contributed by atoms with van der Waals surface area (Å²) in [6.07, 6.45) is 7.48. The van der Waals surface area contributed by atoms with E-state index in [0.717, 1.165) is 31.6 Å². The fraction of sp³-hybridized carbons (Fsp3) is 0.429. The Kier molecular flexibility index (Phi) is 3.60. The number of nitrogens with zero attached hydrogens (tertiary/aromatic N) is 6. The number of hydrogen-bond acceptors (Lipinski definition) is 7. The van der Waals surface area contributed by atoms with E-state index >= 15 is 0 Å². The molecule has 4 rings (SSSR count). The Morgan fingerprint density at radius 3 is 3.12 bits per heavy atom. The van der Waals surface area contributed by atoms with E-state index in [1.54, 1.807) is 16.3 Å². The first-order valence-corrected chi connectivity index (χ1v) is 8.60. The summed E-state index contributed by atoms with van der Waals surface area (Å²) in [6.45, 7) is 1.73. The molecule has 0 bridgehead atoms. The zero-order valence-electron chi connectivity index (χ0n) is 13.1. The lowest BCUT2D eigenvalue weighted by Crippen LogP contribution is -2.42. The summed E-state index contributed by atoms with van der Waals surface area (Å²) in [4.78, 5) is 18.3. The Balaban J connectivity index is 1.55. The van der Waals surface area contributed by atoms with Gasteiger partial charge in [-0.05, 0) is 17.8 Å². The highest BCUT2D eigenvalue weighted by atomic mass is 32.1. The molecule has 24 heavy (non-hydrogen) atoms. The van der Waals surface area contributed by atoms with Gasteiger partial charge >= 0.3 is 5.82 Å². The van der Waals surface area contributed by atoms with Crippen molar-refractivity contribution >= 4 is 33.6 Å². The summed E-state index contributed by atoms with van der Waals surface area (Å²) in [5, 5.41) is 20.7. The molecule has 1 fully saturated rings. The third-order valence-corrected chi connectivity index (χ3v) is 4.99. The average molecular weight is 347 g/mol. The van der Waals surface area contributed by atoms with E-state index < -0.39 is 0 Å². The number of fused-ring (bicyclic) bond motifs is 1. The van der Waals surface area contributed by atoms with Gasteiger partial charge in [0.05, 0.1) is 11.9 Å². The van der Waals surface area contributed by atoms with E-state index in [0.29, 0.717) is 10.8 Å². The molecule has 1 atom stereocenters. The summed E-state index contributed by atoms with van der Waals surface area (Å²) in [6, 6.07) is 0.113. The van der Waals surface area contributed by atoms with Crippen molar-refractivity contribution in [1.29, 1.82) is 0 Å². The standard InChI is InChI=1S/C14H17N7O2S/c1-18-9-11(7-15-18)19-4-2-3-10(8-19)16-12-13(21(22)23)20-5-6-24-14(20)17-12/h5-7,9-10,16H,2-4,8H2,1H3/t10-/m0/s1. The number of rotatable bonds is 4. The van der Waals surface area contributed by atoms with Gasteiger partial charge in [-0.25, -0.2) is 0 Å². The minimum absolute atomic E-state index is 0.00440. The van der Waals surface area contributed by atoms with Crippen molar-refractivity contribution in [3.63, 3.8) is 0 Å². The Morgan fingerprint density at radius 2 is 2.38 bits per heavy atom. The van der Waals surface area contributed by atoms with Gasteiger partial charge in [0.1, 0.15) is 6.20 Å². The SMILES string of the molecule is Cn1cc(N2CCC[C@H](Nc3nc4sccn4c3[N+](=O)[O-])C2)cn1. The highest BCUT2D eigenvalue weighted by molar-refractivity contribution is 7.15. The van der Waals surface area contributed by atoms with Gasteiger partial charge in [0, 0.05) is 37.8 Å². The quantitative estimate of drug-likeness (QED) is 0.574. The molecule has 0 radical (unpaired) electrons. The second-order valence-corrected chi connectivity index (χ2v) is 6.77. The van der Waals surface area contributed by atoms with Crippen LogP contribution in [0.2, 0.25) is 0 Å². The zero-order valence-corrected chi connectivity index (χ0v) is 13.9. The van der Waals surface area contributed by atoms with Crippen LogP contribution in [-0.4, -0.2) is 43.2 Å². The van der Waals surface area contributed by atoms with Crippen molar-refractivity contribution in [1.82, 2.24) is 19.2 Å². The number of aromatic nitrogens is 4. The van der Waals surface area contributed by atoms with Crippen LogP contribution in [0, 0.1) is 10.1 Å². The molecule has 1 N–H and O–H groups in total. The zero-order chi connectivity index (χ0) is 16.7. The molecule has 10 heteroatoms. The van der Waals surface area contributed by atoms with Crippen LogP contribution in [0.4, 0.5) is 17.3 Å². The van der Waals surface area contributed by atoms with Crippen LogP contribution in [0.15, 0.2) is 24.0 Å². The van der Waals surface area contributed by atoms with Gasteiger partial charge in [-0.1, -0.05) is 11.3 Å². The van der Waals surface area contributed by atoms with Crippen molar-refractivity contribution in [2.45, 2.75) is 18.9 Å². The molecule has 0 unspecified atom stereocenters. The van der Waals surface area contributed by atoms with Gasteiger partial charge in [0.2, 0.25) is 5.82 Å². The summed E-state index contributed by atoms with van der Waals surface area (Å²) in [7, 11) is 1.89. The van der Waals surface area contributed by atoms with Crippen LogP contribution < -0.4 is 10.2 Å². The first-order valence-electron chi connectivity index (χ1n) is 7.72. The van der Waals surface area contributed by atoms with E-state index in [4.69, 9.17) is 0 Å².